The molecule has 1 aliphatic heterocycles. The van der Waals surface area contributed by atoms with Gasteiger partial charge in [-0.25, -0.2) is 0 Å². The van der Waals surface area contributed by atoms with Crippen molar-refractivity contribution in [2.75, 3.05) is 10.6 Å². The molecule has 0 unspecified atom stereocenters. The van der Waals surface area contributed by atoms with E-state index in [1.807, 2.05) is 12.1 Å². The van der Waals surface area contributed by atoms with Crippen LogP contribution >= 0.6 is 15.9 Å². The first-order chi connectivity index (χ1) is 13.9. The van der Waals surface area contributed by atoms with E-state index in [1.165, 1.54) is 0 Å². The Labute approximate surface area is 177 Å². The molecule has 2 aromatic rings. The zero-order valence-electron chi connectivity index (χ0n) is 15.7. The first kappa shape index (κ1) is 19.6. The maximum Gasteiger partial charge on any atom is 0.307 e. The third-order valence-corrected chi connectivity index (χ3v) is 6.13. The van der Waals surface area contributed by atoms with E-state index >= 15 is 0 Å². The van der Waals surface area contributed by atoms with Gasteiger partial charge in [-0.1, -0.05) is 15.9 Å². The molecule has 2 aromatic carbocycles. The number of carbonyl (C=O) groups excluding carboxylic acids is 3. The Kier molecular flexibility index (Phi) is 5.41. The van der Waals surface area contributed by atoms with Crippen LogP contribution in [0.25, 0.3) is 0 Å². The molecular weight excluding hydrogens is 436 g/mol. The Morgan fingerprint density at radius 2 is 1.52 bits per heavy atom. The molecule has 6 nitrogen and oxygen atoms in total. The average molecular weight is 457 g/mol. The first-order valence-corrected chi connectivity index (χ1v) is 10.4. The van der Waals surface area contributed by atoms with Crippen LogP contribution in [0.3, 0.4) is 0 Å². The molecule has 2 N–H and O–H groups in total. The van der Waals surface area contributed by atoms with Crippen LogP contribution in [0.2, 0.25) is 0 Å². The van der Waals surface area contributed by atoms with E-state index in [2.05, 4.69) is 26.6 Å². The fourth-order valence-electron chi connectivity index (χ4n) is 4.12. The van der Waals surface area contributed by atoms with E-state index in [0.717, 1.165) is 30.2 Å². The van der Waals surface area contributed by atoms with Crippen molar-refractivity contribution in [2.45, 2.75) is 37.7 Å². The van der Waals surface area contributed by atoms with Gasteiger partial charge < -0.3 is 15.4 Å². The molecule has 1 saturated carbocycles. The molecule has 1 spiro atoms. The van der Waals surface area contributed by atoms with Crippen molar-refractivity contribution in [2.24, 2.45) is 5.92 Å². The lowest BCUT2D eigenvalue weighted by atomic mass is 9.85. The normalized spacial score (nSPS) is 19.8. The SMILES string of the molecule is O=C1C[C@@H](C(=O)Nc2ccc(C(=O)Nc3ccc(Br)cc3)cc2)C2(CCCC2)O1. The highest BCUT2D eigenvalue weighted by Gasteiger charge is 2.53. The van der Waals surface area contributed by atoms with Crippen LogP contribution in [0.4, 0.5) is 11.4 Å². The monoisotopic (exact) mass is 456 g/mol. The van der Waals surface area contributed by atoms with E-state index in [1.54, 1.807) is 36.4 Å². The summed E-state index contributed by atoms with van der Waals surface area (Å²) in [5, 5.41) is 5.70. The van der Waals surface area contributed by atoms with Crippen molar-refractivity contribution in [1.82, 2.24) is 0 Å². The van der Waals surface area contributed by atoms with Crippen LogP contribution in [0.15, 0.2) is 53.0 Å². The van der Waals surface area contributed by atoms with Gasteiger partial charge in [0.25, 0.3) is 5.91 Å². The second-order valence-electron chi connectivity index (χ2n) is 7.53. The fourth-order valence-corrected chi connectivity index (χ4v) is 4.38. The molecule has 2 amide bonds. The van der Waals surface area contributed by atoms with E-state index in [0.29, 0.717) is 16.9 Å². The summed E-state index contributed by atoms with van der Waals surface area (Å²) in [6.07, 6.45) is 3.55. The van der Waals surface area contributed by atoms with Gasteiger partial charge in [-0.15, -0.1) is 0 Å². The number of hydrogen-bond acceptors (Lipinski definition) is 4. The lowest BCUT2D eigenvalue weighted by Gasteiger charge is -2.27. The number of anilines is 2. The first-order valence-electron chi connectivity index (χ1n) is 9.65. The summed E-state index contributed by atoms with van der Waals surface area (Å²) in [4.78, 5) is 37.0. The maximum atomic E-state index is 12.8. The molecule has 150 valence electrons. The van der Waals surface area contributed by atoms with Crippen molar-refractivity contribution < 1.29 is 19.1 Å². The number of hydrogen-bond donors (Lipinski definition) is 2. The molecule has 29 heavy (non-hydrogen) atoms. The molecule has 2 fully saturated rings. The van der Waals surface area contributed by atoms with Crippen LogP contribution in [-0.4, -0.2) is 23.4 Å². The number of esters is 1. The standard InChI is InChI=1S/C22H21BrN2O4/c23-15-5-9-17(10-6-15)24-20(27)14-3-7-16(8-4-14)25-21(28)18-13-19(26)29-22(18)11-1-2-12-22/h3-10,18H,1-2,11-13H2,(H,24,27)(H,25,28)/t18-/m0/s1. The molecule has 1 atom stereocenters. The van der Waals surface area contributed by atoms with Crippen molar-refractivity contribution in [3.05, 3.63) is 58.6 Å². The highest BCUT2D eigenvalue weighted by Crippen LogP contribution is 2.45. The molecule has 1 aliphatic carbocycles. The quantitative estimate of drug-likeness (QED) is 0.662. The smallest absolute Gasteiger partial charge is 0.307 e. The van der Waals surface area contributed by atoms with Gasteiger partial charge >= 0.3 is 5.97 Å². The van der Waals surface area contributed by atoms with Crippen LogP contribution < -0.4 is 10.6 Å². The van der Waals surface area contributed by atoms with E-state index in [4.69, 9.17) is 4.74 Å². The number of amides is 2. The molecular formula is C22H21BrN2O4. The summed E-state index contributed by atoms with van der Waals surface area (Å²) in [6, 6.07) is 14.0. The number of benzene rings is 2. The number of rotatable bonds is 4. The van der Waals surface area contributed by atoms with Crippen LogP contribution in [0.5, 0.6) is 0 Å². The lowest BCUT2D eigenvalue weighted by Crippen LogP contribution is -2.39. The highest BCUT2D eigenvalue weighted by atomic mass is 79.9. The van der Waals surface area contributed by atoms with Crippen LogP contribution in [0.1, 0.15) is 42.5 Å². The van der Waals surface area contributed by atoms with E-state index in [-0.39, 0.29) is 24.2 Å². The minimum absolute atomic E-state index is 0.125. The molecule has 4 rings (SSSR count). The van der Waals surface area contributed by atoms with Crippen molar-refractivity contribution in [1.29, 1.82) is 0 Å². The van der Waals surface area contributed by atoms with Gasteiger partial charge in [0.15, 0.2) is 0 Å². The van der Waals surface area contributed by atoms with Crippen molar-refractivity contribution in [3.63, 3.8) is 0 Å². The molecule has 0 aromatic heterocycles. The van der Waals surface area contributed by atoms with Gasteiger partial charge in [0.2, 0.25) is 5.91 Å². The third-order valence-electron chi connectivity index (χ3n) is 5.61. The van der Waals surface area contributed by atoms with Gasteiger partial charge in [0, 0.05) is 21.4 Å². The van der Waals surface area contributed by atoms with Crippen molar-refractivity contribution in [3.8, 4) is 0 Å². The topological polar surface area (TPSA) is 84.5 Å². The summed E-state index contributed by atoms with van der Waals surface area (Å²) < 4.78 is 6.47. The van der Waals surface area contributed by atoms with Crippen molar-refractivity contribution >= 4 is 45.1 Å². The number of carbonyl (C=O) groups is 3. The van der Waals surface area contributed by atoms with Gasteiger partial charge in [0.1, 0.15) is 5.60 Å². The van der Waals surface area contributed by atoms with E-state index < -0.39 is 11.5 Å². The molecule has 1 heterocycles. The minimum Gasteiger partial charge on any atom is -0.458 e. The van der Waals surface area contributed by atoms with Gasteiger partial charge in [-0.05, 0) is 74.2 Å². The number of halogens is 1. The minimum atomic E-state index is -0.633. The summed E-state index contributed by atoms with van der Waals surface area (Å²) in [5.41, 5.74) is 1.13. The van der Waals surface area contributed by atoms with Crippen LogP contribution in [-0.2, 0) is 14.3 Å². The van der Waals surface area contributed by atoms with Gasteiger partial charge in [-0.2, -0.15) is 0 Å². The largest absolute Gasteiger partial charge is 0.458 e. The molecule has 0 bridgehead atoms. The zero-order valence-corrected chi connectivity index (χ0v) is 17.3. The highest BCUT2D eigenvalue weighted by molar-refractivity contribution is 9.10. The van der Waals surface area contributed by atoms with Gasteiger partial charge in [0.05, 0.1) is 12.3 Å². The van der Waals surface area contributed by atoms with Crippen LogP contribution in [0, 0.1) is 5.92 Å². The Morgan fingerprint density at radius 1 is 0.931 bits per heavy atom. The predicted molar refractivity (Wildman–Crippen MR) is 113 cm³/mol. The summed E-state index contributed by atoms with van der Waals surface area (Å²) >= 11 is 3.36. The number of nitrogens with one attached hydrogen (secondary N) is 2. The summed E-state index contributed by atoms with van der Waals surface area (Å²) in [7, 11) is 0. The van der Waals surface area contributed by atoms with E-state index in [9.17, 15) is 14.4 Å². The second kappa shape index (κ2) is 7.99. The molecule has 1 saturated heterocycles. The molecule has 2 aliphatic rings. The third kappa shape index (κ3) is 4.19. The second-order valence-corrected chi connectivity index (χ2v) is 8.45. The molecule has 7 heteroatoms. The molecule has 0 radical (unpaired) electrons. The zero-order chi connectivity index (χ0) is 20.4. The Bertz CT molecular complexity index is 934. The lowest BCUT2D eigenvalue weighted by molar-refractivity contribution is -0.149. The summed E-state index contributed by atoms with van der Waals surface area (Å²) in [6.45, 7) is 0. The Hall–Kier alpha value is -2.67. The Morgan fingerprint density at radius 3 is 2.17 bits per heavy atom. The maximum absolute atomic E-state index is 12.8. The predicted octanol–water partition coefficient (Wildman–Crippen LogP) is 4.52. The fraction of sp³-hybridized carbons (Fsp3) is 0.318. The number of ether oxygens (including phenoxy) is 1. The van der Waals surface area contributed by atoms with Gasteiger partial charge in [-0.3, -0.25) is 14.4 Å². The Balaban J connectivity index is 1.40. The average Bonchev–Trinajstić information content (AvgIpc) is 3.30. The summed E-state index contributed by atoms with van der Waals surface area (Å²) in [5.74, 6) is -1.19.